The fraction of sp³-hybridized carbons (Fsp3) is 0.0682. The lowest BCUT2D eigenvalue weighted by atomic mass is 9.82. The molecule has 9 rings (SSSR count). The van der Waals surface area contributed by atoms with E-state index >= 15 is 0 Å². The van der Waals surface area contributed by atoms with Crippen LogP contribution in [0.3, 0.4) is 0 Å². The van der Waals surface area contributed by atoms with E-state index in [-0.39, 0.29) is 5.41 Å². The second-order valence-electron chi connectivity index (χ2n) is 12.8. The number of nitrogens with zero attached hydrogens (tertiary/aromatic N) is 2. The van der Waals surface area contributed by atoms with Gasteiger partial charge in [0.25, 0.3) is 0 Å². The average molecular weight is 605 g/mol. The van der Waals surface area contributed by atoms with Gasteiger partial charge in [0.15, 0.2) is 5.58 Å². The smallest absolute Gasteiger partial charge is 0.227 e. The lowest BCUT2D eigenvalue weighted by Gasteiger charge is -2.27. The standard InChI is InChI=1S/C44H32N2O/c1-44(2)39-19-10-9-16-36(39)38-28-33(24-26-40(38)44)46(31-14-7-4-8-15-31)32-22-20-29(21-23-32)34-17-11-18-37-35(34)25-27-41-42(37)47-43(45-41)30-12-5-3-6-13-30/h3-28H,1-2H3. The molecule has 3 nitrogen and oxygen atoms in total. The molecule has 0 fully saturated rings. The Labute approximate surface area is 274 Å². The number of anilines is 3. The van der Waals surface area contributed by atoms with Gasteiger partial charge in [-0.15, -0.1) is 0 Å². The summed E-state index contributed by atoms with van der Waals surface area (Å²) < 4.78 is 6.36. The Bertz CT molecular complexity index is 2420. The highest BCUT2D eigenvalue weighted by Gasteiger charge is 2.35. The van der Waals surface area contributed by atoms with Crippen LogP contribution < -0.4 is 4.90 Å². The summed E-state index contributed by atoms with van der Waals surface area (Å²) >= 11 is 0. The van der Waals surface area contributed by atoms with Crippen molar-refractivity contribution in [1.82, 2.24) is 4.98 Å². The molecule has 7 aromatic carbocycles. The maximum absolute atomic E-state index is 6.36. The highest BCUT2D eigenvalue weighted by Crippen LogP contribution is 2.50. The summed E-state index contributed by atoms with van der Waals surface area (Å²) in [5.41, 5.74) is 13.7. The van der Waals surface area contributed by atoms with Crippen LogP contribution >= 0.6 is 0 Å². The summed E-state index contributed by atoms with van der Waals surface area (Å²) in [6.07, 6.45) is 0. The number of para-hydroxylation sites is 1. The van der Waals surface area contributed by atoms with Gasteiger partial charge in [-0.05, 0) is 93.4 Å². The molecule has 0 radical (unpaired) electrons. The molecule has 0 saturated carbocycles. The van der Waals surface area contributed by atoms with Crippen LogP contribution in [0.25, 0.3) is 55.6 Å². The minimum absolute atomic E-state index is 0.0253. The first kappa shape index (κ1) is 27.4. The van der Waals surface area contributed by atoms with Crippen LogP contribution in [-0.4, -0.2) is 4.98 Å². The maximum atomic E-state index is 6.36. The minimum Gasteiger partial charge on any atom is -0.435 e. The highest BCUT2D eigenvalue weighted by atomic mass is 16.3. The summed E-state index contributed by atoms with van der Waals surface area (Å²) in [5.74, 6) is 0.641. The van der Waals surface area contributed by atoms with E-state index < -0.39 is 0 Å². The van der Waals surface area contributed by atoms with Crippen molar-refractivity contribution >= 4 is 38.9 Å². The largest absolute Gasteiger partial charge is 0.435 e. The van der Waals surface area contributed by atoms with E-state index in [9.17, 15) is 0 Å². The zero-order valence-corrected chi connectivity index (χ0v) is 26.3. The third-order valence-corrected chi connectivity index (χ3v) is 9.71. The molecule has 8 aromatic rings. The van der Waals surface area contributed by atoms with Gasteiger partial charge >= 0.3 is 0 Å². The molecule has 47 heavy (non-hydrogen) atoms. The summed E-state index contributed by atoms with van der Waals surface area (Å²) in [6.45, 7) is 4.65. The van der Waals surface area contributed by atoms with E-state index in [1.54, 1.807) is 0 Å². The first-order valence-corrected chi connectivity index (χ1v) is 16.1. The van der Waals surface area contributed by atoms with Gasteiger partial charge in [-0.25, -0.2) is 4.98 Å². The van der Waals surface area contributed by atoms with Crippen molar-refractivity contribution < 1.29 is 4.42 Å². The topological polar surface area (TPSA) is 29.3 Å². The third-order valence-electron chi connectivity index (χ3n) is 9.71. The van der Waals surface area contributed by atoms with Crippen molar-refractivity contribution in [3.05, 3.63) is 169 Å². The van der Waals surface area contributed by atoms with Gasteiger partial charge in [-0.1, -0.05) is 117 Å². The second kappa shape index (κ2) is 10.6. The summed E-state index contributed by atoms with van der Waals surface area (Å²) in [4.78, 5) is 7.15. The van der Waals surface area contributed by atoms with Crippen LogP contribution in [0.4, 0.5) is 17.1 Å². The number of rotatable bonds is 5. The van der Waals surface area contributed by atoms with Crippen LogP contribution in [-0.2, 0) is 5.41 Å². The molecule has 0 saturated heterocycles. The van der Waals surface area contributed by atoms with Gasteiger partial charge in [-0.2, -0.15) is 0 Å². The number of benzene rings is 7. The van der Waals surface area contributed by atoms with E-state index in [4.69, 9.17) is 9.40 Å². The predicted octanol–water partition coefficient (Wildman–Crippen LogP) is 12.1. The highest BCUT2D eigenvalue weighted by molar-refractivity contribution is 6.09. The minimum atomic E-state index is -0.0253. The first-order chi connectivity index (χ1) is 23.1. The fourth-order valence-corrected chi connectivity index (χ4v) is 7.36. The van der Waals surface area contributed by atoms with Crippen molar-refractivity contribution in [3.63, 3.8) is 0 Å². The summed E-state index contributed by atoms with van der Waals surface area (Å²) in [6, 6.07) is 56.0. The SMILES string of the molecule is CC1(C)c2ccccc2-c2cc(N(c3ccccc3)c3ccc(-c4cccc5c4ccc4nc(-c6ccccc6)oc45)cc3)ccc21. The quantitative estimate of drug-likeness (QED) is 0.196. The molecule has 0 spiro atoms. The molecule has 0 aliphatic heterocycles. The second-order valence-corrected chi connectivity index (χ2v) is 12.8. The van der Waals surface area contributed by atoms with Gasteiger partial charge in [0.2, 0.25) is 5.89 Å². The molecule has 1 heterocycles. The van der Waals surface area contributed by atoms with Crippen LogP contribution in [0.5, 0.6) is 0 Å². The van der Waals surface area contributed by atoms with Crippen LogP contribution in [0.15, 0.2) is 162 Å². The Morgan fingerprint density at radius 1 is 0.489 bits per heavy atom. The molecule has 3 heteroatoms. The zero-order chi connectivity index (χ0) is 31.5. The molecule has 1 aliphatic rings. The summed E-state index contributed by atoms with van der Waals surface area (Å²) in [7, 11) is 0. The van der Waals surface area contributed by atoms with Crippen LogP contribution in [0.1, 0.15) is 25.0 Å². The molecule has 0 N–H and O–H groups in total. The fourth-order valence-electron chi connectivity index (χ4n) is 7.36. The molecule has 0 amide bonds. The van der Waals surface area contributed by atoms with Crippen LogP contribution in [0.2, 0.25) is 0 Å². The molecule has 0 unspecified atom stereocenters. The molecule has 0 atom stereocenters. The number of aromatic nitrogens is 1. The van der Waals surface area contributed by atoms with E-state index in [1.807, 2.05) is 30.3 Å². The first-order valence-electron chi connectivity index (χ1n) is 16.1. The Kier molecular flexibility index (Phi) is 6.16. The van der Waals surface area contributed by atoms with Gasteiger partial charge in [0, 0.05) is 33.4 Å². The molecular formula is C44H32N2O. The van der Waals surface area contributed by atoms with E-state index in [0.717, 1.165) is 55.6 Å². The lowest BCUT2D eigenvalue weighted by molar-refractivity contribution is 0.623. The van der Waals surface area contributed by atoms with Crippen molar-refractivity contribution in [1.29, 1.82) is 0 Å². The number of hydrogen-bond acceptors (Lipinski definition) is 3. The predicted molar refractivity (Wildman–Crippen MR) is 195 cm³/mol. The normalized spacial score (nSPS) is 13.1. The number of oxazole rings is 1. The van der Waals surface area contributed by atoms with Gasteiger partial charge in [0.1, 0.15) is 5.52 Å². The van der Waals surface area contributed by atoms with Gasteiger partial charge in [0.05, 0.1) is 0 Å². The third kappa shape index (κ3) is 4.39. The van der Waals surface area contributed by atoms with E-state index in [2.05, 4.69) is 146 Å². The Morgan fingerprint density at radius 3 is 1.96 bits per heavy atom. The molecule has 1 aliphatic carbocycles. The van der Waals surface area contributed by atoms with Gasteiger partial charge in [-0.3, -0.25) is 0 Å². The van der Waals surface area contributed by atoms with Crippen molar-refractivity contribution in [2.75, 3.05) is 4.90 Å². The Hall–Kier alpha value is -5.93. The van der Waals surface area contributed by atoms with Gasteiger partial charge < -0.3 is 9.32 Å². The molecule has 224 valence electrons. The molecular weight excluding hydrogens is 572 g/mol. The van der Waals surface area contributed by atoms with Crippen molar-refractivity contribution in [3.8, 4) is 33.7 Å². The maximum Gasteiger partial charge on any atom is 0.227 e. The van der Waals surface area contributed by atoms with Crippen LogP contribution in [0, 0.1) is 0 Å². The van der Waals surface area contributed by atoms with Crippen molar-refractivity contribution in [2.24, 2.45) is 0 Å². The van der Waals surface area contributed by atoms with E-state index in [1.165, 1.54) is 22.3 Å². The zero-order valence-electron chi connectivity index (χ0n) is 26.3. The Balaban J connectivity index is 1.13. The average Bonchev–Trinajstić information content (AvgIpc) is 3.67. The Morgan fingerprint density at radius 2 is 1.15 bits per heavy atom. The molecule has 1 aromatic heterocycles. The monoisotopic (exact) mass is 604 g/mol. The summed E-state index contributed by atoms with van der Waals surface area (Å²) in [5, 5.41) is 2.20. The lowest BCUT2D eigenvalue weighted by Crippen LogP contribution is -2.15. The van der Waals surface area contributed by atoms with E-state index in [0.29, 0.717) is 5.89 Å². The number of fused-ring (bicyclic) bond motifs is 6. The number of hydrogen-bond donors (Lipinski definition) is 0. The molecule has 0 bridgehead atoms. The van der Waals surface area contributed by atoms with Crippen molar-refractivity contribution in [2.45, 2.75) is 19.3 Å².